The molecule has 166 valence electrons. The third-order valence-electron chi connectivity index (χ3n) is 5.53. The van der Waals surface area contributed by atoms with Crippen LogP contribution in [0.1, 0.15) is 61.5 Å². The van der Waals surface area contributed by atoms with Gasteiger partial charge in [-0.2, -0.15) is 0 Å². The quantitative estimate of drug-likeness (QED) is 0.353. The van der Waals surface area contributed by atoms with Gasteiger partial charge in [0.2, 0.25) is 0 Å². The molecule has 2 aromatic carbocycles. The lowest BCUT2D eigenvalue weighted by atomic mass is 9.83. The molecule has 1 fully saturated rings. The van der Waals surface area contributed by atoms with E-state index in [2.05, 4.69) is 36.9 Å². The Kier molecular flexibility index (Phi) is 6.73. The number of hydrogen-bond donors (Lipinski definition) is 3. The number of rotatable bonds is 6. The molecule has 7 nitrogen and oxygen atoms in total. The van der Waals surface area contributed by atoms with E-state index in [1.54, 1.807) is 0 Å². The first-order chi connectivity index (χ1) is 14.7. The van der Waals surface area contributed by atoms with Crippen molar-refractivity contribution in [2.75, 3.05) is 24.6 Å². The second-order valence-electron chi connectivity index (χ2n) is 8.85. The Labute approximate surface area is 182 Å². The first-order valence-electron chi connectivity index (χ1n) is 10.5. The molecule has 3 N–H and O–H groups in total. The Morgan fingerprint density at radius 2 is 1.81 bits per heavy atom. The molecule has 1 aliphatic rings. The van der Waals surface area contributed by atoms with E-state index in [9.17, 15) is 15.1 Å². The number of aromatic carboxylic acids is 1. The fourth-order valence-electron chi connectivity index (χ4n) is 3.83. The topological polar surface area (TPSA) is 103 Å². The Morgan fingerprint density at radius 1 is 1.10 bits per heavy atom. The maximum absolute atomic E-state index is 11.0. The number of ether oxygens (including phenoxy) is 1. The van der Waals surface area contributed by atoms with Gasteiger partial charge in [-0.05, 0) is 54.5 Å². The van der Waals surface area contributed by atoms with Gasteiger partial charge in [0.15, 0.2) is 0 Å². The van der Waals surface area contributed by atoms with Crippen molar-refractivity contribution in [2.24, 2.45) is 5.16 Å². The summed E-state index contributed by atoms with van der Waals surface area (Å²) >= 11 is 0. The summed E-state index contributed by atoms with van der Waals surface area (Å²) in [6, 6.07) is 10.0. The highest BCUT2D eigenvalue weighted by Crippen LogP contribution is 2.34. The summed E-state index contributed by atoms with van der Waals surface area (Å²) in [5, 5.41) is 31.9. The molecule has 7 heteroatoms. The standard InChI is InChI=1S/C24H30N2O5/c1-24(2,3)19-13-16(7-10-21(19)26-11-5-4-6-12-26)20(25-30)15-31-17-8-9-18(23(28)29)22(27)14-17/h7-10,13-14,27,30H,4-6,11-12,15H2,1-3H3,(H,28,29)/b25-20+. The molecule has 31 heavy (non-hydrogen) atoms. The lowest BCUT2D eigenvalue weighted by Gasteiger charge is -2.34. The van der Waals surface area contributed by atoms with Crippen LogP contribution in [0.3, 0.4) is 0 Å². The predicted molar refractivity (Wildman–Crippen MR) is 120 cm³/mol. The number of carboxylic acid groups (broad SMARTS) is 1. The summed E-state index contributed by atoms with van der Waals surface area (Å²) in [5.74, 6) is -1.32. The van der Waals surface area contributed by atoms with Gasteiger partial charge in [-0.25, -0.2) is 4.79 Å². The number of carbonyl (C=O) groups is 1. The third-order valence-corrected chi connectivity index (χ3v) is 5.53. The maximum Gasteiger partial charge on any atom is 0.339 e. The number of benzene rings is 2. The van der Waals surface area contributed by atoms with Crippen molar-refractivity contribution < 1.29 is 25.0 Å². The Morgan fingerprint density at radius 3 is 2.39 bits per heavy atom. The zero-order valence-corrected chi connectivity index (χ0v) is 18.3. The number of phenols is 1. The van der Waals surface area contributed by atoms with Gasteiger partial charge < -0.3 is 25.1 Å². The van der Waals surface area contributed by atoms with Crippen molar-refractivity contribution in [3.05, 3.63) is 53.1 Å². The van der Waals surface area contributed by atoms with Crippen LogP contribution >= 0.6 is 0 Å². The van der Waals surface area contributed by atoms with Crippen LogP contribution in [-0.4, -0.2) is 46.8 Å². The van der Waals surface area contributed by atoms with Crippen molar-refractivity contribution in [3.8, 4) is 11.5 Å². The van der Waals surface area contributed by atoms with Gasteiger partial charge in [-0.1, -0.05) is 32.0 Å². The van der Waals surface area contributed by atoms with Crippen molar-refractivity contribution in [2.45, 2.75) is 45.4 Å². The van der Waals surface area contributed by atoms with E-state index in [-0.39, 0.29) is 29.1 Å². The van der Waals surface area contributed by atoms with Gasteiger partial charge in [-0.3, -0.25) is 0 Å². The normalized spacial score (nSPS) is 15.1. The van der Waals surface area contributed by atoms with Crippen LogP contribution in [0.15, 0.2) is 41.6 Å². The molecule has 0 atom stereocenters. The van der Waals surface area contributed by atoms with E-state index in [4.69, 9.17) is 9.84 Å². The zero-order chi connectivity index (χ0) is 22.6. The van der Waals surface area contributed by atoms with E-state index < -0.39 is 5.97 Å². The molecule has 0 spiro atoms. The van der Waals surface area contributed by atoms with Crippen molar-refractivity contribution in [1.29, 1.82) is 0 Å². The highest BCUT2D eigenvalue weighted by atomic mass is 16.5. The molecular weight excluding hydrogens is 396 g/mol. The van der Waals surface area contributed by atoms with Crippen LogP contribution in [0, 0.1) is 0 Å². The summed E-state index contributed by atoms with van der Waals surface area (Å²) in [6.07, 6.45) is 3.65. The van der Waals surface area contributed by atoms with Crippen LogP contribution < -0.4 is 9.64 Å². The third kappa shape index (κ3) is 5.29. The van der Waals surface area contributed by atoms with Crippen LogP contribution in [-0.2, 0) is 5.41 Å². The van der Waals surface area contributed by atoms with Gasteiger partial charge in [0.25, 0.3) is 0 Å². The summed E-state index contributed by atoms with van der Waals surface area (Å²) in [7, 11) is 0. The van der Waals surface area contributed by atoms with E-state index in [1.807, 2.05) is 12.1 Å². The molecule has 0 aliphatic carbocycles. The number of nitrogens with zero attached hydrogens (tertiary/aromatic N) is 2. The number of carboxylic acids is 1. The van der Waals surface area contributed by atoms with Gasteiger partial charge >= 0.3 is 5.97 Å². The van der Waals surface area contributed by atoms with Crippen LogP contribution in [0.2, 0.25) is 0 Å². The predicted octanol–water partition coefficient (Wildman–Crippen LogP) is 4.64. The van der Waals surface area contributed by atoms with Crippen molar-refractivity contribution >= 4 is 17.4 Å². The van der Waals surface area contributed by atoms with E-state index in [1.165, 1.54) is 48.7 Å². The monoisotopic (exact) mass is 426 g/mol. The number of hydrogen-bond acceptors (Lipinski definition) is 6. The summed E-state index contributed by atoms with van der Waals surface area (Å²) in [4.78, 5) is 13.5. The zero-order valence-electron chi connectivity index (χ0n) is 18.3. The van der Waals surface area contributed by atoms with Crippen molar-refractivity contribution in [1.82, 2.24) is 0 Å². The number of anilines is 1. The second kappa shape index (κ2) is 9.29. The molecule has 1 aliphatic heterocycles. The molecule has 0 saturated carbocycles. The maximum atomic E-state index is 11.0. The fourth-order valence-corrected chi connectivity index (χ4v) is 3.83. The first kappa shape index (κ1) is 22.5. The lowest BCUT2D eigenvalue weighted by molar-refractivity contribution is 0.0693. The molecule has 1 saturated heterocycles. The molecule has 0 bridgehead atoms. The first-order valence-corrected chi connectivity index (χ1v) is 10.5. The molecular formula is C24H30N2O5. The average molecular weight is 427 g/mol. The smallest absolute Gasteiger partial charge is 0.339 e. The Balaban J connectivity index is 1.83. The van der Waals surface area contributed by atoms with Crippen LogP contribution in [0.4, 0.5) is 5.69 Å². The average Bonchev–Trinajstić information content (AvgIpc) is 2.74. The Hall–Kier alpha value is -3.22. The van der Waals surface area contributed by atoms with Gasteiger partial charge in [-0.15, -0.1) is 0 Å². The van der Waals surface area contributed by atoms with E-state index >= 15 is 0 Å². The molecule has 1 heterocycles. The molecule has 3 rings (SSSR count). The highest BCUT2D eigenvalue weighted by Gasteiger charge is 2.24. The van der Waals surface area contributed by atoms with Gasteiger partial charge in [0.05, 0.1) is 0 Å². The van der Waals surface area contributed by atoms with Crippen LogP contribution in [0.5, 0.6) is 11.5 Å². The molecule has 2 aromatic rings. The fraction of sp³-hybridized carbons (Fsp3) is 0.417. The number of aromatic hydroxyl groups is 1. The van der Waals surface area contributed by atoms with E-state index in [0.29, 0.717) is 5.71 Å². The minimum Gasteiger partial charge on any atom is -0.507 e. The summed E-state index contributed by atoms with van der Waals surface area (Å²) in [5.41, 5.74) is 3.19. The largest absolute Gasteiger partial charge is 0.507 e. The number of piperidine rings is 1. The molecule has 0 aromatic heterocycles. The minimum absolute atomic E-state index is 0.0327. The molecule has 0 amide bonds. The molecule has 0 radical (unpaired) electrons. The molecule has 0 unspecified atom stereocenters. The van der Waals surface area contributed by atoms with E-state index in [0.717, 1.165) is 18.7 Å². The minimum atomic E-state index is -1.22. The second-order valence-corrected chi connectivity index (χ2v) is 8.85. The summed E-state index contributed by atoms with van der Waals surface area (Å²) in [6.45, 7) is 8.55. The van der Waals surface area contributed by atoms with Crippen molar-refractivity contribution in [3.63, 3.8) is 0 Å². The SMILES string of the molecule is CC(C)(C)c1cc(/C(COc2ccc(C(=O)O)c(O)c2)=N/O)ccc1N1CCCCC1. The Bertz CT molecular complexity index is 972. The van der Waals surface area contributed by atoms with Gasteiger partial charge in [0.1, 0.15) is 29.4 Å². The highest BCUT2D eigenvalue weighted by molar-refractivity contribution is 6.02. The number of oxime groups is 1. The summed E-state index contributed by atoms with van der Waals surface area (Å²) < 4.78 is 5.65. The van der Waals surface area contributed by atoms with Gasteiger partial charge in [0, 0.05) is 30.4 Å². The van der Waals surface area contributed by atoms with Crippen LogP contribution in [0.25, 0.3) is 0 Å². The lowest BCUT2D eigenvalue weighted by Crippen LogP contribution is -2.32.